The van der Waals surface area contributed by atoms with Gasteiger partial charge in [0.1, 0.15) is 0 Å². The van der Waals surface area contributed by atoms with Crippen LogP contribution in [0, 0.1) is 0 Å². The van der Waals surface area contributed by atoms with E-state index in [1.165, 1.54) is 0 Å². The van der Waals surface area contributed by atoms with Crippen molar-refractivity contribution in [2.45, 2.75) is 6.67 Å². The van der Waals surface area contributed by atoms with E-state index in [4.69, 9.17) is 0 Å². The molecular weight excluding hydrogens is 240 g/mol. The van der Waals surface area contributed by atoms with Gasteiger partial charge in [0, 0.05) is 10.2 Å². The van der Waals surface area contributed by atoms with Crippen LogP contribution in [0.15, 0.2) is 48.5 Å². The van der Waals surface area contributed by atoms with Crippen LogP contribution in [0.25, 0.3) is 22.1 Å². The molecule has 2 heterocycles. The van der Waals surface area contributed by atoms with Crippen molar-refractivity contribution in [1.82, 2.24) is 20.6 Å². The number of rotatable bonds is 2. The second kappa shape index (κ2) is 3.88. The van der Waals surface area contributed by atoms with E-state index in [2.05, 4.69) is 20.6 Å². The van der Waals surface area contributed by atoms with Crippen LogP contribution in [-0.2, 0) is 6.67 Å². The van der Waals surface area contributed by atoms with E-state index >= 15 is 0 Å². The van der Waals surface area contributed by atoms with Gasteiger partial charge in [0.25, 0.3) is 6.67 Å². The van der Waals surface area contributed by atoms with E-state index in [-0.39, 0.29) is 0 Å². The van der Waals surface area contributed by atoms with E-state index in [9.17, 15) is 0 Å². The molecule has 0 unspecified atom stereocenters. The van der Waals surface area contributed by atoms with Crippen LogP contribution in [0.3, 0.4) is 0 Å². The summed E-state index contributed by atoms with van der Waals surface area (Å²) in [5.41, 5.74) is 4.03. The highest BCUT2D eigenvalue weighted by Crippen LogP contribution is 2.05. The first-order chi connectivity index (χ1) is 9.42. The maximum atomic E-state index is 4.27. The number of fused-ring (bicyclic) bond motifs is 2. The summed E-state index contributed by atoms with van der Waals surface area (Å²) in [6.45, 7) is 0.612. The van der Waals surface area contributed by atoms with Crippen LogP contribution in [0.1, 0.15) is 0 Å². The number of H-pyrrole nitrogens is 2. The highest BCUT2D eigenvalue weighted by atomic mass is 15.5. The fourth-order valence-electron chi connectivity index (χ4n) is 2.27. The molecule has 0 bridgehead atoms. The Hall–Kier alpha value is -2.76. The number of para-hydroxylation sites is 4. The predicted molar refractivity (Wildman–Crippen MR) is 68.0 cm³/mol. The van der Waals surface area contributed by atoms with Gasteiger partial charge in [-0.05, 0) is 24.3 Å². The topological polar surface area (TPSA) is 65.1 Å². The average Bonchev–Trinajstić information content (AvgIpc) is 3.05. The SMILES string of the molecule is c1ccc2c(c1)n[nH][n+]2C[n+]1[nH]nc2ccccc21. The van der Waals surface area contributed by atoms with E-state index in [1.54, 1.807) is 0 Å². The van der Waals surface area contributed by atoms with Crippen molar-refractivity contribution in [3.05, 3.63) is 48.5 Å². The normalized spacial score (nSPS) is 11.4. The number of aromatic amines is 2. The van der Waals surface area contributed by atoms with Crippen LogP contribution in [0.5, 0.6) is 0 Å². The van der Waals surface area contributed by atoms with Gasteiger partial charge in [-0.25, -0.2) is 0 Å². The predicted octanol–water partition coefficient (Wildman–Crippen LogP) is 0.520. The second-order valence-corrected chi connectivity index (χ2v) is 4.40. The lowest BCUT2D eigenvalue weighted by Crippen LogP contribution is -2.54. The molecule has 6 heteroatoms. The molecule has 0 radical (unpaired) electrons. The third-order valence-electron chi connectivity index (χ3n) is 3.21. The Balaban J connectivity index is 1.82. The number of benzene rings is 2. The standard InChI is InChI=1S/C13H10N6/c1-3-7-12-10(5-1)14-16-18(12)9-19-13-8-4-2-6-11(13)15-17-19/h1-8H,9H2/p+2. The summed E-state index contributed by atoms with van der Waals surface area (Å²) in [5.74, 6) is 0. The summed E-state index contributed by atoms with van der Waals surface area (Å²) in [4.78, 5) is 0. The Morgan fingerprint density at radius 1 is 0.737 bits per heavy atom. The van der Waals surface area contributed by atoms with Gasteiger partial charge < -0.3 is 0 Å². The smallest absolute Gasteiger partial charge is 0.113 e. The summed E-state index contributed by atoms with van der Waals surface area (Å²) >= 11 is 0. The summed E-state index contributed by atoms with van der Waals surface area (Å²) in [6, 6.07) is 16.0. The van der Waals surface area contributed by atoms with Gasteiger partial charge >= 0.3 is 0 Å². The Labute approximate surface area is 108 Å². The lowest BCUT2D eigenvalue weighted by molar-refractivity contribution is -0.941. The molecule has 4 aromatic rings. The molecule has 0 fully saturated rings. The second-order valence-electron chi connectivity index (χ2n) is 4.40. The largest absolute Gasteiger partial charge is 0.271 e. The van der Waals surface area contributed by atoms with Gasteiger partial charge in [0.05, 0.1) is 0 Å². The average molecular weight is 252 g/mol. The number of hydrogen-bond acceptors (Lipinski definition) is 2. The first-order valence-corrected chi connectivity index (χ1v) is 6.08. The molecule has 6 nitrogen and oxygen atoms in total. The maximum absolute atomic E-state index is 4.27. The highest BCUT2D eigenvalue weighted by Gasteiger charge is 2.17. The number of hydrogen-bond donors (Lipinski definition) is 2. The number of nitrogens with zero attached hydrogens (tertiary/aromatic N) is 4. The third kappa shape index (κ3) is 1.57. The fraction of sp³-hybridized carbons (Fsp3) is 0.0769. The molecule has 0 aliphatic rings. The van der Waals surface area contributed by atoms with Crippen LogP contribution >= 0.6 is 0 Å². The van der Waals surface area contributed by atoms with Gasteiger partial charge in [-0.2, -0.15) is 0 Å². The van der Waals surface area contributed by atoms with Crippen molar-refractivity contribution in [3.8, 4) is 0 Å². The van der Waals surface area contributed by atoms with Crippen molar-refractivity contribution in [2.24, 2.45) is 0 Å². The molecule has 2 N–H and O–H groups in total. The first kappa shape index (κ1) is 10.2. The third-order valence-corrected chi connectivity index (χ3v) is 3.21. The molecule has 92 valence electrons. The van der Waals surface area contributed by atoms with Crippen molar-refractivity contribution < 1.29 is 9.36 Å². The van der Waals surface area contributed by atoms with Gasteiger partial charge in [-0.1, -0.05) is 34.7 Å². The van der Waals surface area contributed by atoms with Crippen molar-refractivity contribution in [1.29, 1.82) is 0 Å². The minimum Gasteiger partial charge on any atom is -0.113 e. The summed E-state index contributed by atoms with van der Waals surface area (Å²) in [5, 5.41) is 14.6. The van der Waals surface area contributed by atoms with Crippen molar-refractivity contribution in [2.75, 3.05) is 0 Å². The number of nitrogens with one attached hydrogen (secondary N) is 2. The van der Waals surface area contributed by atoms with Crippen molar-refractivity contribution in [3.63, 3.8) is 0 Å². The van der Waals surface area contributed by atoms with Gasteiger partial charge in [0.15, 0.2) is 0 Å². The van der Waals surface area contributed by atoms with Crippen LogP contribution < -0.4 is 9.36 Å². The molecule has 0 aliphatic carbocycles. The molecule has 4 rings (SSSR count). The van der Waals surface area contributed by atoms with Gasteiger partial charge in [-0.15, -0.1) is 9.36 Å². The quantitative estimate of drug-likeness (QED) is 0.511. The first-order valence-electron chi connectivity index (χ1n) is 6.08. The zero-order valence-corrected chi connectivity index (χ0v) is 10.1. The van der Waals surface area contributed by atoms with E-state index in [0.29, 0.717) is 6.67 Å². The summed E-state index contributed by atoms with van der Waals surface area (Å²) in [7, 11) is 0. The molecule has 0 atom stereocenters. The molecule has 0 aliphatic heterocycles. The zero-order chi connectivity index (χ0) is 12.7. The molecule has 19 heavy (non-hydrogen) atoms. The van der Waals surface area contributed by atoms with Crippen LogP contribution in [0.4, 0.5) is 0 Å². The molecule has 2 aromatic heterocycles. The van der Waals surface area contributed by atoms with Gasteiger partial charge in [0.2, 0.25) is 22.1 Å². The Kier molecular flexibility index (Phi) is 2.08. The van der Waals surface area contributed by atoms with E-state index in [0.717, 1.165) is 22.1 Å². The van der Waals surface area contributed by atoms with E-state index in [1.807, 2.05) is 57.9 Å². The highest BCUT2D eigenvalue weighted by molar-refractivity contribution is 5.70. The van der Waals surface area contributed by atoms with Crippen LogP contribution in [-0.4, -0.2) is 20.6 Å². The Morgan fingerprint density at radius 3 is 1.74 bits per heavy atom. The van der Waals surface area contributed by atoms with Gasteiger partial charge in [-0.3, -0.25) is 0 Å². The van der Waals surface area contributed by atoms with Crippen LogP contribution in [0.2, 0.25) is 0 Å². The lowest BCUT2D eigenvalue weighted by Gasteiger charge is -1.93. The molecule has 0 saturated carbocycles. The zero-order valence-electron chi connectivity index (χ0n) is 10.1. The molecular formula is C13H12N6+2. The molecule has 0 spiro atoms. The maximum Gasteiger partial charge on any atom is 0.271 e. The van der Waals surface area contributed by atoms with E-state index < -0.39 is 0 Å². The summed E-state index contributed by atoms with van der Waals surface area (Å²) < 4.78 is 3.94. The van der Waals surface area contributed by atoms with Crippen molar-refractivity contribution >= 4 is 22.1 Å². The molecule has 0 amide bonds. The fourth-order valence-corrected chi connectivity index (χ4v) is 2.27. The number of aromatic nitrogens is 6. The monoisotopic (exact) mass is 252 g/mol. The summed E-state index contributed by atoms with van der Waals surface area (Å²) in [6.07, 6.45) is 0. The lowest BCUT2D eigenvalue weighted by atomic mass is 10.3. The molecule has 2 aromatic carbocycles. The Bertz CT molecular complexity index is 787. The minimum absolute atomic E-state index is 0.612. The molecule has 0 saturated heterocycles. The Morgan fingerprint density at radius 2 is 1.21 bits per heavy atom. The minimum atomic E-state index is 0.612.